The first-order chi connectivity index (χ1) is 5.74. The summed E-state index contributed by atoms with van der Waals surface area (Å²) in [6.45, 7) is 6.13. The van der Waals surface area contributed by atoms with Crippen LogP contribution in [-0.2, 0) is 0 Å². The van der Waals surface area contributed by atoms with E-state index in [0.29, 0.717) is 0 Å². The molecule has 1 saturated carbocycles. The van der Waals surface area contributed by atoms with Crippen molar-refractivity contribution in [3.8, 4) is 0 Å². The third-order valence-corrected chi connectivity index (χ3v) is 2.74. The molecule has 0 radical (unpaired) electrons. The summed E-state index contributed by atoms with van der Waals surface area (Å²) in [6.07, 6.45) is 3.53. The van der Waals surface area contributed by atoms with Crippen molar-refractivity contribution in [2.24, 2.45) is 11.8 Å². The molecular formula is C10H21NO. The lowest BCUT2D eigenvalue weighted by Gasteiger charge is -2.13. The van der Waals surface area contributed by atoms with Gasteiger partial charge in [0.2, 0.25) is 0 Å². The Bertz CT molecular complexity index is 123. The van der Waals surface area contributed by atoms with Crippen LogP contribution >= 0.6 is 0 Å². The van der Waals surface area contributed by atoms with Gasteiger partial charge in [-0.25, -0.2) is 0 Å². The number of nitrogens with one attached hydrogen (secondary N) is 1. The second-order valence-corrected chi connectivity index (χ2v) is 4.04. The second kappa shape index (κ2) is 4.83. The standard InChI is InChI=1S/C10H21NO/c1-3-10(12)7-11-6-8(2)9-4-5-9/h8-12H,3-7H2,1-2H3. The van der Waals surface area contributed by atoms with Crippen LogP contribution in [0.3, 0.4) is 0 Å². The number of rotatable bonds is 6. The highest BCUT2D eigenvalue weighted by Gasteiger charge is 2.27. The molecule has 0 aromatic heterocycles. The van der Waals surface area contributed by atoms with E-state index in [9.17, 15) is 5.11 Å². The summed E-state index contributed by atoms with van der Waals surface area (Å²) < 4.78 is 0. The summed E-state index contributed by atoms with van der Waals surface area (Å²) in [7, 11) is 0. The molecule has 0 saturated heterocycles. The monoisotopic (exact) mass is 171 g/mol. The van der Waals surface area contributed by atoms with Crippen LogP contribution in [0.15, 0.2) is 0 Å². The van der Waals surface area contributed by atoms with Crippen LogP contribution < -0.4 is 5.32 Å². The quantitative estimate of drug-likeness (QED) is 0.633. The van der Waals surface area contributed by atoms with Gasteiger partial charge in [0.15, 0.2) is 0 Å². The van der Waals surface area contributed by atoms with Crippen molar-refractivity contribution in [3.63, 3.8) is 0 Å². The Hall–Kier alpha value is -0.0800. The normalized spacial score (nSPS) is 22.2. The predicted molar refractivity (Wildman–Crippen MR) is 51.1 cm³/mol. The maximum Gasteiger partial charge on any atom is 0.0662 e. The van der Waals surface area contributed by atoms with Gasteiger partial charge in [-0.15, -0.1) is 0 Å². The second-order valence-electron chi connectivity index (χ2n) is 4.04. The molecule has 1 rings (SSSR count). The molecule has 0 heterocycles. The summed E-state index contributed by atoms with van der Waals surface area (Å²) in [5, 5.41) is 12.6. The van der Waals surface area contributed by atoms with Gasteiger partial charge in [-0.3, -0.25) is 0 Å². The van der Waals surface area contributed by atoms with Crippen molar-refractivity contribution in [3.05, 3.63) is 0 Å². The fraction of sp³-hybridized carbons (Fsp3) is 1.00. The summed E-state index contributed by atoms with van der Waals surface area (Å²) >= 11 is 0. The Morgan fingerprint density at radius 1 is 1.42 bits per heavy atom. The molecule has 2 heteroatoms. The third kappa shape index (κ3) is 3.55. The van der Waals surface area contributed by atoms with E-state index in [1.807, 2.05) is 6.92 Å². The topological polar surface area (TPSA) is 32.3 Å². The fourth-order valence-corrected chi connectivity index (χ4v) is 1.45. The van der Waals surface area contributed by atoms with Crippen molar-refractivity contribution in [2.75, 3.05) is 13.1 Å². The number of aliphatic hydroxyl groups excluding tert-OH is 1. The molecule has 0 aliphatic heterocycles. The lowest BCUT2D eigenvalue weighted by molar-refractivity contribution is 0.165. The first-order valence-corrected chi connectivity index (χ1v) is 5.12. The minimum Gasteiger partial charge on any atom is -0.392 e. The molecule has 1 fully saturated rings. The highest BCUT2D eigenvalue weighted by molar-refractivity contribution is 4.79. The Morgan fingerprint density at radius 2 is 2.08 bits per heavy atom. The van der Waals surface area contributed by atoms with Crippen LogP contribution in [0.5, 0.6) is 0 Å². The summed E-state index contributed by atoms with van der Waals surface area (Å²) in [4.78, 5) is 0. The summed E-state index contributed by atoms with van der Waals surface area (Å²) in [5.74, 6) is 1.77. The minimum absolute atomic E-state index is 0.156. The zero-order valence-electron chi connectivity index (χ0n) is 8.21. The fourth-order valence-electron chi connectivity index (χ4n) is 1.45. The van der Waals surface area contributed by atoms with E-state index in [0.717, 1.165) is 31.3 Å². The van der Waals surface area contributed by atoms with Crippen molar-refractivity contribution >= 4 is 0 Å². The highest BCUT2D eigenvalue weighted by atomic mass is 16.3. The van der Waals surface area contributed by atoms with Gasteiger partial charge < -0.3 is 10.4 Å². The molecule has 0 amide bonds. The Morgan fingerprint density at radius 3 is 2.58 bits per heavy atom. The van der Waals surface area contributed by atoms with Gasteiger partial charge in [-0.05, 0) is 37.6 Å². The highest BCUT2D eigenvalue weighted by Crippen LogP contribution is 2.35. The van der Waals surface area contributed by atoms with Crippen LogP contribution in [0.2, 0.25) is 0 Å². The Kier molecular flexibility index (Phi) is 4.02. The Labute approximate surface area is 75.4 Å². The third-order valence-electron chi connectivity index (χ3n) is 2.74. The smallest absolute Gasteiger partial charge is 0.0662 e. The van der Waals surface area contributed by atoms with E-state index in [1.54, 1.807) is 0 Å². The van der Waals surface area contributed by atoms with Gasteiger partial charge in [-0.1, -0.05) is 13.8 Å². The van der Waals surface area contributed by atoms with Crippen molar-refractivity contribution < 1.29 is 5.11 Å². The van der Waals surface area contributed by atoms with E-state index < -0.39 is 0 Å². The molecule has 0 bridgehead atoms. The molecule has 1 aliphatic rings. The van der Waals surface area contributed by atoms with Gasteiger partial charge in [0.05, 0.1) is 6.10 Å². The SMILES string of the molecule is CCC(O)CNCC(C)C1CC1. The molecule has 12 heavy (non-hydrogen) atoms. The van der Waals surface area contributed by atoms with E-state index in [-0.39, 0.29) is 6.10 Å². The predicted octanol–water partition coefficient (Wildman–Crippen LogP) is 1.39. The molecule has 2 N–H and O–H groups in total. The number of aliphatic hydroxyl groups is 1. The zero-order chi connectivity index (χ0) is 8.97. The van der Waals surface area contributed by atoms with Gasteiger partial charge in [-0.2, -0.15) is 0 Å². The van der Waals surface area contributed by atoms with Crippen LogP contribution in [0, 0.1) is 11.8 Å². The average Bonchev–Trinajstić information content (AvgIpc) is 2.86. The van der Waals surface area contributed by atoms with Gasteiger partial charge in [0.1, 0.15) is 0 Å². The van der Waals surface area contributed by atoms with Gasteiger partial charge >= 0.3 is 0 Å². The molecule has 0 aromatic rings. The zero-order valence-corrected chi connectivity index (χ0v) is 8.21. The number of hydrogen-bond acceptors (Lipinski definition) is 2. The van der Waals surface area contributed by atoms with Gasteiger partial charge in [0.25, 0.3) is 0 Å². The molecule has 2 atom stereocenters. The lowest BCUT2D eigenvalue weighted by Crippen LogP contribution is -2.30. The Balaban J connectivity index is 1.93. The van der Waals surface area contributed by atoms with Crippen LogP contribution in [0.4, 0.5) is 0 Å². The molecule has 72 valence electrons. The van der Waals surface area contributed by atoms with Crippen molar-refractivity contribution in [2.45, 2.75) is 39.2 Å². The number of hydrogen-bond donors (Lipinski definition) is 2. The average molecular weight is 171 g/mol. The van der Waals surface area contributed by atoms with Crippen LogP contribution in [0.25, 0.3) is 0 Å². The summed E-state index contributed by atoms with van der Waals surface area (Å²) in [6, 6.07) is 0. The molecule has 0 spiro atoms. The molecule has 2 unspecified atom stereocenters. The molecule has 1 aliphatic carbocycles. The summed E-state index contributed by atoms with van der Waals surface area (Å²) in [5.41, 5.74) is 0. The van der Waals surface area contributed by atoms with Crippen molar-refractivity contribution in [1.29, 1.82) is 0 Å². The maximum absolute atomic E-state index is 9.26. The lowest BCUT2D eigenvalue weighted by atomic mass is 10.1. The largest absolute Gasteiger partial charge is 0.392 e. The van der Waals surface area contributed by atoms with Crippen LogP contribution in [-0.4, -0.2) is 24.3 Å². The van der Waals surface area contributed by atoms with Crippen molar-refractivity contribution in [1.82, 2.24) is 5.32 Å². The first kappa shape index (κ1) is 10.0. The molecule has 2 nitrogen and oxygen atoms in total. The molecule has 0 aromatic carbocycles. The first-order valence-electron chi connectivity index (χ1n) is 5.12. The maximum atomic E-state index is 9.26. The van der Waals surface area contributed by atoms with E-state index in [1.165, 1.54) is 12.8 Å². The van der Waals surface area contributed by atoms with Crippen LogP contribution in [0.1, 0.15) is 33.1 Å². The van der Waals surface area contributed by atoms with Gasteiger partial charge in [0, 0.05) is 6.54 Å². The van der Waals surface area contributed by atoms with E-state index >= 15 is 0 Å². The minimum atomic E-state index is -0.156. The molecular weight excluding hydrogens is 150 g/mol. The van der Waals surface area contributed by atoms with E-state index in [2.05, 4.69) is 12.2 Å². The van der Waals surface area contributed by atoms with E-state index in [4.69, 9.17) is 0 Å².